The van der Waals surface area contributed by atoms with E-state index in [1.807, 2.05) is 0 Å². The van der Waals surface area contributed by atoms with Crippen LogP contribution in [-0.4, -0.2) is 14.1 Å². The Hall–Kier alpha value is 0.532. The molecule has 0 fully saturated rings. The van der Waals surface area contributed by atoms with Crippen molar-refractivity contribution in [1.82, 2.24) is 0 Å². The van der Waals surface area contributed by atoms with Crippen LogP contribution >= 0.6 is 0 Å². The van der Waals surface area contributed by atoms with Crippen molar-refractivity contribution < 1.29 is 0 Å². The molecule has 0 bridgehead atoms. The van der Waals surface area contributed by atoms with E-state index in [1.165, 1.54) is 135 Å². The Bertz CT molecular complexity index is 236. The predicted octanol–water partition coefficient (Wildman–Crippen LogP) is 9.95. The number of unbranched alkanes of at least 4 members (excludes halogenated alkanes) is 20. The lowest BCUT2D eigenvalue weighted by Gasteiger charge is -2.04. The van der Waals surface area contributed by atoms with Crippen LogP contribution in [0.1, 0.15) is 142 Å². The van der Waals surface area contributed by atoms with Gasteiger partial charge in [0.15, 0.2) is 0 Å². The molecule has 0 saturated heterocycles. The molecule has 0 spiro atoms. The average molecular weight is 381 g/mol. The monoisotopic (exact) mass is 380 g/mol. The van der Waals surface area contributed by atoms with E-state index in [9.17, 15) is 0 Å². The van der Waals surface area contributed by atoms with E-state index in [1.54, 1.807) is 5.28 Å². The Balaban J connectivity index is 2.97. The van der Waals surface area contributed by atoms with Gasteiger partial charge in [0.25, 0.3) is 14.1 Å². The first-order chi connectivity index (χ1) is 12.8. The molecule has 156 valence electrons. The topological polar surface area (TPSA) is 0 Å². The van der Waals surface area contributed by atoms with Gasteiger partial charge in [-0.15, -0.1) is 11.6 Å². The third-order valence-corrected chi connectivity index (χ3v) is 7.45. The summed E-state index contributed by atoms with van der Waals surface area (Å²) in [5, 5.41) is 1.57. The molecule has 1 heteroatoms. The zero-order valence-corrected chi connectivity index (χ0v) is 20.3. The molecule has 0 aliphatic rings. The normalized spacial score (nSPS) is 11.2. The zero-order chi connectivity index (χ0) is 19.1. The molecule has 0 aliphatic carbocycles. The molecule has 0 unspecified atom stereocenters. The third-order valence-electron chi connectivity index (χ3n) is 5.89. The molecule has 0 heterocycles. The van der Waals surface area contributed by atoms with Gasteiger partial charge >= 0.3 is 0 Å². The largest absolute Gasteiger partial charge is 0.255 e. The SMILES string of the molecule is CCCCCCCCCCCCCCCCCCCCCC[CH2][Al]([CH3])[CH3]. The first kappa shape index (κ1) is 26.5. The zero-order valence-electron chi connectivity index (χ0n) is 19.1. The van der Waals surface area contributed by atoms with Crippen LogP contribution in [0.4, 0.5) is 0 Å². The Morgan fingerprint density at radius 3 is 0.808 bits per heavy atom. The molecule has 0 N–H and O–H groups in total. The van der Waals surface area contributed by atoms with Crippen molar-refractivity contribution in [2.24, 2.45) is 0 Å². The molecule has 0 aliphatic heterocycles. The Morgan fingerprint density at radius 1 is 0.346 bits per heavy atom. The van der Waals surface area contributed by atoms with Gasteiger partial charge in [0.05, 0.1) is 0 Å². The third kappa shape index (κ3) is 24.5. The first-order valence-electron chi connectivity index (χ1n) is 12.8. The molecule has 0 aromatic carbocycles. The molecular formula is C25H53Al. The molecule has 0 aromatic heterocycles. The minimum absolute atomic E-state index is 0.271. The second-order valence-corrected chi connectivity index (χ2v) is 12.6. The van der Waals surface area contributed by atoms with Crippen LogP contribution in [-0.2, 0) is 0 Å². The van der Waals surface area contributed by atoms with Gasteiger partial charge in [-0.3, -0.25) is 0 Å². The lowest BCUT2D eigenvalue weighted by atomic mass is 10.0. The van der Waals surface area contributed by atoms with E-state index in [-0.39, 0.29) is 14.1 Å². The van der Waals surface area contributed by atoms with E-state index in [4.69, 9.17) is 0 Å². The maximum absolute atomic E-state index is 2.48. The fraction of sp³-hybridized carbons (Fsp3) is 1.00. The van der Waals surface area contributed by atoms with E-state index in [0.29, 0.717) is 0 Å². The van der Waals surface area contributed by atoms with Crippen molar-refractivity contribution in [3.63, 3.8) is 0 Å². The van der Waals surface area contributed by atoms with Gasteiger partial charge < -0.3 is 0 Å². The molecule has 0 amide bonds. The predicted molar refractivity (Wildman–Crippen MR) is 125 cm³/mol. The molecule has 0 nitrogen and oxygen atoms in total. The quantitative estimate of drug-likeness (QED) is 0.129. The highest BCUT2D eigenvalue weighted by atomic mass is 27.2. The van der Waals surface area contributed by atoms with E-state index in [2.05, 4.69) is 18.5 Å². The summed E-state index contributed by atoms with van der Waals surface area (Å²) in [6, 6.07) is 0. The Kier molecular flexibility index (Phi) is 24.1. The van der Waals surface area contributed by atoms with Crippen molar-refractivity contribution in [3.8, 4) is 0 Å². The highest BCUT2D eigenvalue weighted by molar-refractivity contribution is 6.55. The molecule has 0 saturated carbocycles. The average Bonchev–Trinajstić information content (AvgIpc) is 2.62. The second-order valence-electron chi connectivity index (χ2n) is 9.25. The summed E-state index contributed by atoms with van der Waals surface area (Å²) in [6.07, 6.45) is 31.2. The lowest BCUT2D eigenvalue weighted by Crippen LogP contribution is -1.97. The summed E-state index contributed by atoms with van der Waals surface area (Å²) >= 11 is -0.271. The fourth-order valence-corrected chi connectivity index (χ4v) is 5.09. The summed E-state index contributed by atoms with van der Waals surface area (Å²) < 4.78 is 0. The van der Waals surface area contributed by atoms with Crippen molar-refractivity contribution in [3.05, 3.63) is 0 Å². The van der Waals surface area contributed by atoms with Gasteiger partial charge in [0, 0.05) is 0 Å². The van der Waals surface area contributed by atoms with Crippen molar-refractivity contribution in [2.75, 3.05) is 0 Å². The van der Waals surface area contributed by atoms with Crippen molar-refractivity contribution >= 4 is 14.1 Å². The maximum Gasteiger partial charge on any atom is 0.255 e. The molecule has 0 rings (SSSR count). The van der Waals surface area contributed by atoms with Crippen LogP contribution in [0, 0.1) is 0 Å². The Labute approximate surface area is 172 Å². The Morgan fingerprint density at radius 2 is 0.577 bits per heavy atom. The van der Waals surface area contributed by atoms with Crippen LogP contribution in [0.3, 0.4) is 0 Å². The summed E-state index contributed by atoms with van der Waals surface area (Å²) in [7, 11) is 0. The highest BCUT2D eigenvalue weighted by Crippen LogP contribution is 2.15. The molecule has 0 atom stereocenters. The number of hydrogen-bond donors (Lipinski definition) is 0. The summed E-state index contributed by atoms with van der Waals surface area (Å²) in [4.78, 5) is 0. The van der Waals surface area contributed by atoms with Gasteiger partial charge in [0.1, 0.15) is 0 Å². The van der Waals surface area contributed by atoms with Gasteiger partial charge in [0.2, 0.25) is 0 Å². The molecule has 26 heavy (non-hydrogen) atoms. The highest BCUT2D eigenvalue weighted by Gasteiger charge is 2.00. The van der Waals surface area contributed by atoms with Crippen LogP contribution in [0.25, 0.3) is 0 Å². The maximum atomic E-state index is 2.48. The van der Waals surface area contributed by atoms with Crippen LogP contribution in [0.2, 0.25) is 16.9 Å². The van der Waals surface area contributed by atoms with Gasteiger partial charge in [-0.2, -0.15) is 0 Å². The second kappa shape index (κ2) is 23.6. The summed E-state index contributed by atoms with van der Waals surface area (Å²) in [5.41, 5.74) is 0. The van der Waals surface area contributed by atoms with Crippen LogP contribution in [0.15, 0.2) is 0 Å². The van der Waals surface area contributed by atoms with Crippen LogP contribution in [0.5, 0.6) is 0 Å². The fourth-order valence-electron chi connectivity index (χ4n) is 3.98. The van der Waals surface area contributed by atoms with Crippen LogP contribution < -0.4 is 0 Å². The first-order valence-corrected chi connectivity index (χ1v) is 15.9. The van der Waals surface area contributed by atoms with Crippen molar-refractivity contribution in [1.29, 1.82) is 0 Å². The molecule has 0 radical (unpaired) electrons. The van der Waals surface area contributed by atoms with E-state index >= 15 is 0 Å². The van der Waals surface area contributed by atoms with Gasteiger partial charge in [-0.25, -0.2) is 0 Å². The van der Waals surface area contributed by atoms with Crippen molar-refractivity contribution in [2.45, 2.75) is 159 Å². The smallest absolute Gasteiger partial charge is 0.106 e. The number of rotatable bonds is 22. The van der Waals surface area contributed by atoms with E-state index in [0.717, 1.165) is 0 Å². The standard InChI is InChI=1S/C23H47.2CH3.Al/c1-3-5-7-9-11-13-15-17-19-21-23-22-20-18-16-14-12-10-8-6-4-2;;;/h1,3-23H2,2H3;2*1H3;. The summed E-state index contributed by atoms with van der Waals surface area (Å²) in [5.74, 6) is 4.97. The molecular weight excluding hydrogens is 327 g/mol. The van der Waals surface area contributed by atoms with E-state index < -0.39 is 0 Å². The minimum Gasteiger partial charge on any atom is -0.106 e. The van der Waals surface area contributed by atoms with Gasteiger partial charge in [-0.05, 0) is 0 Å². The minimum atomic E-state index is -0.271. The molecule has 0 aromatic rings. The lowest BCUT2D eigenvalue weighted by molar-refractivity contribution is 0.521. The number of hydrogen-bond acceptors (Lipinski definition) is 0. The van der Waals surface area contributed by atoms with Gasteiger partial charge in [-0.1, -0.05) is 147 Å². The summed E-state index contributed by atoms with van der Waals surface area (Å²) in [6.45, 7) is 2.30.